The molecule has 0 bridgehead atoms. The van der Waals surface area contributed by atoms with E-state index in [0.717, 1.165) is 32.8 Å². The summed E-state index contributed by atoms with van der Waals surface area (Å²) < 4.78 is 5.44. The predicted octanol–water partition coefficient (Wildman–Crippen LogP) is 1.77. The second kappa shape index (κ2) is 6.69. The molecule has 0 spiro atoms. The van der Waals surface area contributed by atoms with Crippen LogP contribution in [-0.4, -0.2) is 49.3 Å². The lowest BCUT2D eigenvalue weighted by Gasteiger charge is -2.34. The van der Waals surface area contributed by atoms with Crippen molar-refractivity contribution < 1.29 is 4.74 Å². The summed E-state index contributed by atoms with van der Waals surface area (Å²) in [6.07, 6.45) is 4.88. The average molecular weight is 265 g/mol. The Balaban J connectivity index is 1.91. The Morgan fingerprint density at radius 3 is 2.53 bits per heavy atom. The maximum atomic E-state index is 9.71. The number of nitrogens with one attached hydrogen (secondary N) is 1. The fraction of sp³-hybridized carbons (Fsp3) is 0.933. The average Bonchev–Trinajstić information content (AvgIpc) is 3.28. The van der Waals surface area contributed by atoms with E-state index in [-0.39, 0.29) is 5.54 Å². The van der Waals surface area contributed by atoms with Gasteiger partial charge in [-0.15, -0.1) is 0 Å². The zero-order valence-corrected chi connectivity index (χ0v) is 12.3. The Morgan fingerprint density at radius 1 is 1.32 bits per heavy atom. The summed E-state index contributed by atoms with van der Waals surface area (Å²) in [5.74, 6) is 0.555. The van der Waals surface area contributed by atoms with Gasteiger partial charge in [-0.05, 0) is 45.1 Å². The second-order valence-corrected chi connectivity index (χ2v) is 5.84. The van der Waals surface area contributed by atoms with Gasteiger partial charge in [-0.1, -0.05) is 6.92 Å². The summed E-state index contributed by atoms with van der Waals surface area (Å²) >= 11 is 0. The third-order valence-electron chi connectivity index (χ3n) is 4.19. The van der Waals surface area contributed by atoms with Crippen LogP contribution in [-0.2, 0) is 4.74 Å². The van der Waals surface area contributed by atoms with Crippen LogP contribution in [0.2, 0.25) is 0 Å². The molecule has 0 heterocycles. The third-order valence-corrected chi connectivity index (χ3v) is 4.19. The van der Waals surface area contributed by atoms with Crippen LogP contribution >= 0.6 is 0 Å². The first kappa shape index (κ1) is 14.8. The van der Waals surface area contributed by atoms with E-state index >= 15 is 0 Å². The fourth-order valence-corrected chi connectivity index (χ4v) is 2.66. The van der Waals surface area contributed by atoms with Crippen LogP contribution in [0.25, 0.3) is 0 Å². The number of hydrogen-bond acceptors (Lipinski definition) is 4. The van der Waals surface area contributed by atoms with Crippen molar-refractivity contribution in [1.29, 1.82) is 5.26 Å². The van der Waals surface area contributed by atoms with Gasteiger partial charge in [0.05, 0.1) is 12.7 Å². The molecule has 2 fully saturated rings. The van der Waals surface area contributed by atoms with Crippen molar-refractivity contribution in [1.82, 2.24) is 10.2 Å². The number of nitrogens with zero attached hydrogens (tertiary/aromatic N) is 2. The highest BCUT2D eigenvalue weighted by Crippen LogP contribution is 2.41. The summed E-state index contributed by atoms with van der Waals surface area (Å²) in [6, 6.07) is 3.20. The SMILES string of the molecule is CCOCCN(CC)CC(C#N)(NC1CC1)C1CC1. The van der Waals surface area contributed by atoms with Crippen LogP contribution in [0.15, 0.2) is 0 Å². The number of likely N-dealkylation sites (N-methyl/N-ethyl adjacent to an activating group) is 1. The van der Waals surface area contributed by atoms with E-state index in [4.69, 9.17) is 4.74 Å². The molecule has 1 unspecified atom stereocenters. The Bertz CT molecular complexity index is 320. The van der Waals surface area contributed by atoms with Crippen LogP contribution in [0, 0.1) is 17.2 Å². The molecule has 1 N–H and O–H groups in total. The highest BCUT2D eigenvalue weighted by Gasteiger charge is 2.48. The Labute approximate surface area is 117 Å². The summed E-state index contributed by atoms with van der Waals surface area (Å²) in [7, 11) is 0. The zero-order chi connectivity index (χ0) is 13.7. The van der Waals surface area contributed by atoms with Crippen LogP contribution in [0.1, 0.15) is 39.5 Å². The molecule has 0 amide bonds. The Hall–Kier alpha value is -0.630. The van der Waals surface area contributed by atoms with Crippen molar-refractivity contribution in [2.24, 2.45) is 5.92 Å². The van der Waals surface area contributed by atoms with Crippen molar-refractivity contribution >= 4 is 0 Å². The highest BCUT2D eigenvalue weighted by molar-refractivity contribution is 5.18. The molecular weight excluding hydrogens is 238 g/mol. The molecule has 108 valence electrons. The van der Waals surface area contributed by atoms with Gasteiger partial charge < -0.3 is 4.74 Å². The lowest BCUT2D eigenvalue weighted by Crippen LogP contribution is -2.55. The third kappa shape index (κ3) is 4.17. The van der Waals surface area contributed by atoms with Crippen LogP contribution < -0.4 is 5.32 Å². The molecule has 2 aliphatic carbocycles. The number of hydrogen-bond donors (Lipinski definition) is 1. The molecule has 0 saturated heterocycles. The topological polar surface area (TPSA) is 48.3 Å². The lowest BCUT2D eigenvalue weighted by molar-refractivity contribution is 0.103. The first-order valence-corrected chi connectivity index (χ1v) is 7.73. The van der Waals surface area contributed by atoms with Gasteiger partial charge in [-0.3, -0.25) is 10.2 Å². The first-order chi connectivity index (χ1) is 9.24. The van der Waals surface area contributed by atoms with Gasteiger partial charge in [0.2, 0.25) is 0 Å². The van der Waals surface area contributed by atoms with E-state index in [0.29, 0.717) is 12.0 Å². The molecule has 1 atom stereocenters. The van der Waals surface area contributed by atoms with E-state index in [1.807, 2.05) is 6.92 Å². The molecule has 0 aromatic rings. The van der Waals surface area contributed by atoms with E-state index < -0.39 is 0 Å². The normalized spacial score (nSPS) is 22.2. The molecule has 19 heavy (non-hydrogen) atoms. The molecular formula is C15H27N3O. The molecule has 0 radical (unpaired) electrons. The number of rotatable bonds is 10. The van der Waals surface area contributed by atoms with Crippen LogP contribution in [0.3, 0.4) is 0 Å². The number of nitriles is 1. The van der Waals surface area contributed by atoms with Crippen LogP contribution in [0.5, 0.6) is 0 Å². The molecule has 4 nitrogen and oxygen atoms in total. The first-order valence-electron chi connectivity index (χ1n) is 7.73. The summed E-state index contributed by atoms with van der Waals surface area (Å²) in [6.45, 7) is 8.47. The molecule has 0 aromatic heterocycles. The molecule has 2 aliphatic rings. The van der Waals surface area contributed by atoms with Gasteiger partial charge in [-0.2, -0.15) is 5.26 Å². The van der Waals surface area contributed by atoms with Crippen molar-refractivity contribution in [3.05, 3.63) is 0 Å². The Kier molecular flexibility index (Phi) is 5.20. The Morgan fingerprint density at radius 2 is 2.05 bits per heavy atom. The minimum Gasteiger partial charge on any atom is -0.380 e. The van der Waals surface area contributed by atoms with E-state index in [1.54, 1.807) is 0 Å². The zero-order valence-electron chi connectivity index (χ0n) is 12.3. The predicted molar refractivity (Wildman–Crippen MR) is 75.8 cm³/mol. The standard InChI is InChI=1S/C15H27N3O/c1-3-18(9-10-19-4-2)12-15(11-16,13-5-6-13)17-14-7-8-14/h13-14,17H,3-10,12H2,1-2H3. The summed E-state index contributed by atoms with van der Waals surface area (Å²) in [4.78, 5) is 2.35. The maximum Gasteiger partial charge on any atom is 0.122 e. The maximum absolute atomic E-state index is 9.71. The fourth-order valence-electron chi connectivity index (χ4n) is 2.66. The van der Waals surface area contributed by atoms with Crippen molar-refractivity contribution in [3.63, 3.8) is 0 Å². The summed E-state index contributed by atoms with van der Waals surface area (Å²) in [5, 5.41) is 13.3. The lowest BCUT2D eigenvalue weighted by atomic mass is 9.93. The smallest absolute Gasteiger partial charge is 0.122 e. The van der Waals surface area contributed by atoms with E-state index in [1.165, 1.54) is 25.7 Å². The second-order valence-electron chi connectivity index (χ2n) is 5.84. The van der Waals surface area contributed by atoms with Gasteiger partial charge >= 0.3 is 0 Å². The van der Waals surface area contributed by atoms with Crippen molar-refractivity contribution in [2.75, 3.05) is 32.8 Å². The van der Waals surface area contributed by atoms with Gasteiger partial charge in [0.15, 0.2) is 0 Å². The van der Waals surface area contributed by atoms with Crippen LogP contribution in [0.4, 0.5) is 0 Å². The highest BCUT2D eigenvalue weighted by atomic mass is 16.5. The largest absolute Gasteiger partial charge is 0.380 e. The van der Waals surface area contributed by atoms with Gasteiger partial charge in [0, 0.05) is 25.7 Å². The molecule has 2 saturated carbocycles. The van der Waals surface area contributed by atoms with Crippen molar-refractivity contribution in [3.8, 4) is 6.07 Å². The minimum absolute atomic E-state index is 0.316. The van der Waals surface area contributed by atoms with E-state index in [9.17, 15) is 5.26 Å². The van der Waals surface area contributed by atoms with Gasteiger partial charge in [0.25, 0.3) is 0 Å². The summed E-state index contributed by atoms with van der Waals surface area (Å²) in [5.41, 5.74) is -0.316. The van der Waals surface area contributed by atoms with Gasteiger partial charge in [0.1, 0.15) is 5.54 Å². The van der Waals surface area contributed by atoms with E-state index in [2.05, 4.69) is 23.2 Å². The number of ether oxygens (including phenoxy) is 1. The molecule has 2 rings (SSSR count). The molecule has 4 heteroatoms. The molecule has 0 aliphatic heterocycles. The quantitative estimate of drug-likeness (QED) is 0.612. The van der Waals surface area contributed by atoms with Gasteiger partial charge in [-0.25, -0.2) is 0 Å². The monoisotopic (exact) mass is 265 g/mol. The minimum atomic E-state index is -0.316. The van der Waals surface area contributed by atoms with Crippen molar-refractivity contribution in [2.45, 2.75) is 51.1 Å². The molecule has 0 aromatic carbocycles.